The van der Waals surface area contributed by atoms with E-state index in [4.69, 9.17) is 0 Å². The molecule has 1 rings (SSSR count). The quantitative estimate of drug-likeness (QED) is 0.830. The Bertz CT molecular complexity index is 439. The lowest BCUT2D eigenvalue weighted by atomic mass is 10.2. The van der Waals surface area contributed by atoms with Crippen molar-refractivity contribution in [3.63, 3.8) is 0 Å². The molecule has 0 radical (unpaired) electrons. The highest BCUT2D eigenvalue weighted by Crippen LogP contribution is 2.17. The molecule has 0 amide bonds. The van der Waals surface area contributed by atoms with Crippen LogP contribution in [-0.2, 0) is 4.74 Å². The maximum absolute atomic E-state index is 12.3. The van der Waals surface area contributed by atoms with E-state index in [2.05, 4.69) is 4.74 Å². The van der Waals surface area contributed by atoms with Gasteiger partial charge in [0.25, 0.3) is 0 Å². The third-order valence-electron chi connectivity index (χ3n) is 1.88. The lowest BCUT2D eigenvalue weighted by molar-refractivity contribution is 0.0499. The molecular weight excluding hydrogens is 237 g/mol. The highest BCUT2D eigenvalue weighted by atomic mass is 19.3. The minimum atomic E-state index is -2.43. The van der Waals surface area contributed by atoms with Crippen LogP contribution in [0.1, 0.15) is 16.8 Å². The van der Waals surface area contributed by atoms with Gasteiger partial charge in [0.1, 0.15) is 11.3 Å². The zero-order chi connectivity index (χ0) is 12.8. The Balaban J connectivity index is 2.52. The molecule has 1 aromatic rings. The SMILES string of the molecule is O=C(OCCC(F)=C(F)F)c1ccccc1O. The second-order valence-electron chi connectivity index (χ2n) is 3.07. The second kappa shape index (κ2) is 5.93. The van der Waals surface area contributed by atoms with Gasteiger partial charge in [-0.1, -0.05) is 12.1 Å². The van der Waals surface area contributed by atoms with E-state index in [-0.39, 0.29) is 11.3 Å². The number of rotatable bonds is 4. The van der Waals surface area contributed by atoms with Gasteiger partial charge in [-0.15, -0.1) is 0 Å². The van der Waals surface area contributed by atoms with Crippen LogP contribution in [0.25, 0.3) is 0 Å². The maximum Gasteiger partial charge on any atom is 0.341 e. The Hall–Kier alpha value is -1.98. The van der Waals surface area contributed by atoms with Crippen LogP contribution < -0.4 is 0 Å². The molecule has 0 bridgehead atoms. The normalized spacial score (nSPS) is 9.82. The van der Waals surface area contributed by atoms with Gasteiger partial charge in [0, 0.05) is 6.42 Å². The highest BCUT2D eigenvalue weighted by Gasteiger charge is 2.12. The van der Waals surface area contributed by atoms with Crippen LogP contribution in [0.15, 0.2) is 36.2 Å². The van der Waals surface area contributed by atoms with Crippen molar-refractivity contribution in [3.8, 4) is 5.75 Å². The number of esters is 1. The minimum absolute atomic E-state index is 0.0994. The van der Waals surface area contributed by atoms with Gasteiger partial charge in [0.05, 0.1) is 6.61 Å². The minimum Gasteiger partial charge on any atom is -0.507 e. The molecule has 0 fully saturated rings. The van der Waals surface area contributed by atoms with Crippen molar-refractivity contribution >= 4 is 5.97 Å². The molecular formula is C11H9F3O3. The van der Waals surface area contributed by atoms with Crippen molar-refractivity contribution in [2.24, 2.45) is 0 Å². The number of hydrogen-bond acceptors (Lipinski definition) is 3. The van der Waals surface area contributed by atoms with Crippen LogP contribution in [0.5, 0.6) is 5.75 Å². The summed E-state index contributed by atoms with van der Waals surface area (Å²) in [6, 6.07) is 5.59. The fourth-order valence-electron chi connectivity index (χ4n) is 1.05. The van der Waals surface area contributed by atoms with Crippen molar-refractivity contribution in [1.29, 1.82) is 0 Å². The van der Waals surface area contributed by atoms with E-state index in [1.165, 1.54) is 24.3 Å². The van der Waals surface area contributed by atoms with Gasteiger partial charge >= 0.3 is 12.0 Å². The van der Waals surface area contributed by atoms with Crippen molar-refractivity contribution in [2.45, 2.75) is 6.42 Å². The third-order valence-corrected chi connectivity index (χ3v) is 1.88. The summed E-state index contributed by atoms with van der Waals surface area (Å²) in [5, 5.41) is 9.27. The summed E-state index contributed by atoms with van der Waals surface area (Å²) in [6.45, 7) is -0.518. The average Bonchev–Trinajstić information content (AvgIpc) is 2.29. The molecule has 17 heavy (non-hydrogen) atoms. The summed E-state index contributed by atoms with van der Waals surface area (Å²) in [6.07, 6.45) is -3.12. The number of ether oxygens (including phenoxy) is 1. The standard InChI is InChI=1S/C11H9F3O3/c12-8(10(13)14)5-6-17-11(16)7-3-1-2-4-9(7)15/h1-4,15H,5-6H2. The van der Waals surface area contributed by atoms with Gasteiger partial charge in [-0.3, -0.25) is 0 Å². The molecule has 0 heterocycles. The number of phenols is 1. The first kappa shape index (κ1) is 13.1. The van der Waals surface area contributed by atoms with Crippen LogP contribution in [0, 0.1) is 0 Å². The molecule has 3 nitrogen and oxygen atoms in total. The Morgan fingerprint density at radius 1 is 1.24 bits per heavy atom. The van der Waals surface area contributed by atoms with Crippen LogP contribution in [-0.4, -0.2) is 17.7 Å². The molecule has 0 spiro atoms. The largest absolute Gasteiger partial charge is 0.507 e. The topological polar surface area (TPSA) is 46.5 Å². The van der Waals surface area contributed by atoms with E-state index in [0.717, 1.165) is 0 Å². The first-order valence-corrected chi connectivity index (χ1v) is 4.67. The van der Waals surface area contributed by atoms with E-state index < -0.39 is 30.9 Å². The second-order valence-corrected chi connectivity index (χ2v) is 3.07. The number of para-hydroxylation sites is 1. The molecule has 1 N–H and O–H groups in total. The molecule has 0 aliphatic rings. The monoisotopic (exact) mass is 246 g/mol. The maximum atomic E-state index is 12.3. The zero-order valence-corrected chi connectivity index (χ0v) is 8.62. The summed E-state index contributed by atoms with van der Waals surface area (Å²) in [5.41, 5.74) is -0.0994. The first-order chi connectivity index (χ1) is 8.02. The van der Waals surface area contributed by atoms with Gasteiger partial charge in [0.15, 0.2) is 5.83 Å². The predicted octanol–water partition coefficient (Wildman–Crippen LogP) is 3.02. The fourth-order valence-corrected chi connectivity index (χ4v) is 1.05. The highest BCUT2D eigenvalue weighted by molar-refractivity contribution is 5.92. The van der Waals surface area contributed by atoms with Crippen molar-refractivity contribution in [1.82, 2.24) is 0 Å². The number of benzene rings is 1. The number of aromatic hydroxyl groups is 1. The molecule has 1 aromatic carbocycles. The van der Waals surface area contributed by atoms with E-state index in [9.17, 15) is 23.1 Å². The van der Waals surface area contributed by atoms with E-state index in [1.807, 2.05) is 0 Å². The lowest BCUT2D eigenvalue weighted by Gasteiger charge is -2.04. The molecule has 0 aromatic heterocycles. The summed E-state index contributed by atoms with van der Waals surface area (Å²) < 4.78 is 40.2. The number of carbonyl (C=O) groups is 1. The lowest BCUT2D eigenvalue weighted by Crippen LogP contribution is -2.06. The number of hydrogen-bond donors (Lipinski definition) is 1. The number of halogens is 3. The molecule has 0 saturated carbocycles. The van der Waals surface area contributed by atoms with Gasteiger partial charge in [0.2, 0.25) is 0 Å². The molecule has 0 saturated heterocycles. The number of phenolic OH excluding ortho intramolecular Hbond substituents is 1. The third kappa shape index (κ3) is 3.82. The van der Waals surface area contributed by atoms with E-state index in [1.54, 1.807) is 0 Å². The Morgan fingerprint density at radius 3 is 2.47 bits per heavy atom. The van der Waals surface area contributed by atoms with Crippen molar-refractivity contribution < 1.29 is 27.8 Å². The smallest absolute Gasteiger partial charge is 0.341 e. The Kier molecular flexibility index (Phi) is 4.56. The molecule has 6 heteroatoms. The molecule has 0 atom stereocenters. The van der Waals surface area contributed by atoms with Gasteiger partial charge < -0.3 is 9.84 Å². The van der Waals surface area contributed by atoms with Crippen LogP contribution in [0.2, 0.25) is 0 Å². The first-order valence-electron chi connectivity index (χ1n) is 4.67. The van der Waals surface area contributed by atoms with Crippen LogP contribution in [0.4, 0.5) is 13.2 Å². The van der Waals surface area contributed by atoms with Crippen LogP contribution in [0.3, 0.4) is 0 Å². The van der Waals surface area contributed by atoms with E-state index >= 15 is 0 Å². The molecule has 0 aliphatic carbocycles. The zero-order valence-electron chi connectivity index (χ0n) is 8.62. The fraction of sp³-hybridized carbons (Fsp3) is 0.182. The molecule has 0 aliphatic heterocycles. The molecule has 92 valence electrons. The van der Waals surface area contributed by atoms with Crippen molar-refractivity contribution in [2.75, 3.05) is 6.61 Å². The van der Waals surface area contributed by atoms with Gasteiger partial charge in [-0.2, -0.15) is 8.78 Å². The van der Waals surface area contributed by atoms with Crippen LogP contribution >= 0.6 is 0 Å². The summed E-state index contributed by atoms with van der Waals surface area (Å²) in [4.78, 5) is 11.3. The van der Waals surface area contributed by atoms with Gasteiger partial charge in [-0.25, -0.2) is 9.18 Å². The Morgan fingerprint density at radius 2 is 1.88 bits per heavy atom. The van der Waals surface area contributed by atoms with Crippen molar-refractivity contribution in [3.05, 3.63) is 41.7 Å². The summed E-state index contributed by atoms with van der Waals surface area (Å²) in [5.74, 6) is -2.80. The molecule has 0 unspecified atom stereocenters. The van der Waals surface area contributed by atoms with Gasteiger partial charge in [-0.05, 0) is 12.1 Å². The number of carbonyl (C=O) groups excluding carboxylic acids is 1. The summed E-state index contributed by atoms with van der Waals surface area (Å²) in [7, 11) is 0. The average molecular weight is 246 g/mol. The Labute approximate surface area is 95.1 Å². The van der Waals surface area contributed by atoms with E-state index in [0.29, 0.717) is 0 Å². The predicted molar refractivity (Wildman–Crippen MR) is 53.4 cm³/mol. The summed E-state index contributed by atoms with van der Waals surface area (Å²) >= 11 is 0.